The predicted molar refractivity (Wildman–Crippen MR) is 43.7 cm³/mol. The molecule has 0 aromatic rings. The highest BCUT2D eigenvalue weighted by molar-refractivity contribution is 5.86. The van der Waals surface area contributed by atoms with Crippen molar-refractivity contribution >= 4 is 12.0 Å². The molecule has 5 heteroatoms. The van der Waals surface area contributed by atoms with E-state index >= 15 is 0 Å². The van der Waals surface area contributed by atoms with Crippen molar-refractivity contribution in [2.45, 2.75) is 31.4 Å². The maximum atomic E-state index is 11.3. The van der Waals surface area contributed by atoms with Crippen LogP contribution in [-0.4, -0.2) is 24.1 Å². The predicted octanol–water partition coefficient (Wildman–Crippen LogP) is -0.251. The number of hydrogen-bond acceptors (Lipinski definition) is 3. The normalized spacial score (nSPS) is 36.9. The second kappa shape index (κ2) is 2.90. The van der Waals surface area contributed by atoms with E-state index in [0.29, 0.717) is 0 Å². The van der Waals surface area contributed by atoms with Crippen molar-refractivity contribution in [2.75, 3.05) is 0 Å². The van der Waals surface area contributed by atoms with E-state index in [-0.39, 0.29) is 17.9 Å². The Bertz CT molecular complexity index is 254. The fourth-order valence-electron chi connectivity index (χ4n) is 2.26. The number of nitrogens with one attached hydrogen (secondary N) is 1. The van der Waals surface area contributed by atoms with E-state index in [2.05, 4.69) is 5.32 Å². The van der Waals surface area contributed by atoms with Crippen LogP contribution in [0.4, 0.5) is 4.79 Å². The molecule has 1 heterocycles. The second-order valence-electron chi connectivity index (χ2n) is 3.57. The van der Waals surface area contributed by atoms with Crippen molar-refractivity contribution in [1.82, 2.24) is 5.32 Å². The van der Waals surface area contributed by atoms with Crippen LogP contribution in [-0.2, 0) is 9.53 Å². The van der Waals surface area contributed by atoms with Gasteiger partial charge in [0.25, 0.3) is 5.91 Å². The van der Waals surface area contributed by atoms with E-state index in [1.807, 2.05) is 0 Å². The highest BCUT2D eigenvalue weighted by Gasteiger charge is 2.46. The summed E-state index contributed by atoms with van der Waals surface area (Å²) in [5.41, 5.74) is 4.88. The molecule has 0 aromatic carbocycles. The fraction of sp³-hybridized carbons (Fsp3) is 0.750. The molecule has 1 aliphatic carbocycles. The Morgan fingerprint density at radius 2 is 2.31 bits per heavy atom. The van der Waals surface area contributed by atoms with Crippen LogP contribution in [0.25, 0.3) is 0 Å². The van der Waals surface area contributed by atoms with Crippen LogP contribution in [0.3, 0.4) is 0 Å². The number of amides is 2. The third kappa shape index (κ3) is 1.34. The largest absolute Gasteiger partial charge is 0.436 e. The van der Waals surface area contributed by atoms with Crippen molar-refractivity contribution in [1.29, 1.82) is 0 Å². The molecule has 1 aliphatic heterocycles. The summed E-state index contributed by atoms with van der Waals surface area (Å²) < 4.78 is 4.76. The fourth-order valence-corrected chi connectivity index (χ4v) is 2.26. The van der Waals surface area contributed by atoms with Gasteiger partial charge in [0, 0.05) is 12.0 Å². The average molecular weight is 184 g/mol. The quantitative estimate of drug-likeness (QED) is 0.589. The van der Waals surface area contributed by atoms with Crippen molar-refractivity contribution < 1.29 is 14.3 Å². The molecule has 2 amide bonds. The first kappa shape index (κ1) is 8.34. The molecular weight excluding hydrogens is 172 g/mol. The molecule has 1 saturated carbocycles. The maximum absolute atomic E-state index is 11.3. The number of nitrogens with two attached hydrogens (primary N) is 1. The summed E-state index contributed by atoms with van der Waals surface area (Å²) in [6.45, 7) is 0. The van der Waals surface area contributed by atoms with E-state index in [1.54, 1.807) is 0 Å². The van der Waals surface area contributed by atoms with Gasteiger partial charge in [0.05, 0.1) is 0 Å². The molecule has 5 nitrogen and oxygen atoms in total. The van der Waals surface area contributed by atoms with Crippen LogP contribution < -0.4 is 11.1 Å². The van der Waals surface area contributed by atoms with Crippen molar-refractivity contribution in [3.63, 3.8) is 0 Å². The second-order valence-corrected chi connectivity index (χ2v) is 3.57. The first-order chi connectivity index (χ1) is 6.18. The summed E-state index contributed by atoms with van der Waals surface area (Å²) in [5, 5.41) is 2.80. The van der Waals surface area contributed by atoms with Crippen molar-refractivity contribution in [3.05, 3.63) is 0 Å². The SMILES string of the molecule is NC(=O)O[C@@H]1C(=O)N[C@H]2CCC[C@H]21. The number of primary amides is 1. The highest BCUT2D eigenvalue weighted by atomic mass is 16.6. The van der Waals surface area contributed by atoms with Gasteiger partial charge in [0.2, 0.25) is 0 Å². The van der Waals surface area contributed by atoms with Crippen LogP contribution >= 0.6 is 0 Å². The zero-order chi connectivity index (χ0) is 9.42. The van der Waals surface area contributed by atoms with Crippen molar-refractivity contribution in [3.8, 4) is 0 Å². The van der Waals surface area contributed by atoms with Gasteiger partial charge in [-0.1, -0.05) is 6.42 Å². The zero-order valence-corrected chi connectivity index (χ0v) is 7.16. The molecule has 3 atom stereocenters. The summed E-state index contributed by atoms with van der Waals surface area (Å²) in [5.74, 6) is -0.0616. The summed E-state index contributed by atoms with van der Waals surface area (Å²) in [6.07, 6.45) is 1.47. The Morgan fingerprint density at radius 3 is 3.00 bits per heavy atom. The van der Waals surface area contributed by atoms with E-state index in [9.17, 15) is 9.59 Å². The van der Waals surface area contributed by atoms with Gasteiger partial charge >= 0.3 is 6.09 Å². The smallest absolute Gasteiger partial charge is 0.405 e. The van der Waals surface area contributed by atoms with Crippen molar-refractivity contribution in [2.24, 2.45) is 11.7 Å². The summed E-state index contributed by atoms with van der Waals surface area (Å²) in [6, 6.07) is 0.192. The molecule has 0 unspecified atom stereocenters. The minimum Gasteiger partial charge on any atom is -0.436 e. The van der Waals surface area contributed by atoms with Gasteiger partial charge in [-0.05, 0) is 12.8 Å². The van der Waals surface area contributed by atoms with E-state index < -0.39 is 12.2 Å². The monoisotopic (exact) mass is 184 g/mol. The molecule has 0 aromatic heterocycles. The van der Waals surface area contributed by atoms with Gasteiger partial charge < -0.3 is 15.8 Å². The summed E-state index contributed by atoms with van der Waals surface area (Å²) in [7, 11) is 0. The molecule has 3 N–H and O–H groups in total. The lowest BCUT2D eigenvalue weighted by molar-refractivity contribution is -0.127. The van der Waals surface area contributed by atoms with Crippen LogP contribution in [0, 0.1) is 5.92 Å². The Hall–Kier alpha value is -1.26. The molecule has 0 radical (unpaired) electrons. The van der Waals surface area contributed by atoms with Crippen LogP contribution in [0.5, 0.6) is 0 Å². The molecule has 2 rings (SSSR count). The third-order valence-electron chi connectivity index (χ3n) is 2.79. The number of hydrogen-bond donors (Lipinski definition) is 2. The number of carbonyl (C=O) groups is 2. The van der Waals surface area contributed by atoms with Crippen LogP contribution in [0.15, 0.2) is 0 Å². The van der Waals surface area contributed by atoms with Gasteiger partial charge in [-0.15, -0.1) is 0 Å². The molecule has 2 aliphatic rings. The van der Waals surface area contributed by atoms with E-state index in [4.69, 9.17) is 10.5 Å². The Balaban J connectivity index is 2.08. The van der Waals surface area contributed by atoms with Crippen LogP contribution in [0.2, 0.25) is 0 Å². The molecule has 2 fully saturated rings. The number of carbonyl (C=O) groups excluding carboxylic acids is 2. The highest BCUT2D eigenvalue weighted by Crippen LogP contribution is 2.34. The Morgan fingerprint density at radius 1 is 1.54 bits per heavy atom. The lowest BCUT2D eigenvalue weighted by Crippen LogP contribution is -2.33. The number of fused-ring (bicyclic) bond motifs is 1. The third-order valence-corrected chi connectivity index (χ3v) is 2.79. The average Bonchev–Trinajstić information content (AvgIpc) is 2.55. The summed E-state index contributed by atoms with van der Waals surface area (Å²) >= 11 is 0. The molecule has 1 saturated heterocycles. The maximum Gasteiger partial charge on any atom is 0.405 e. The first-order valence-corrected chi connectivity index (χ1v) is 4.45. The minimum absolute atomic E-state index is 0.139. The first-order valence-electron chi connectivity index (χ1n) is 4.45. The molecule has 0 bridgehead atoms. The zero-order valence-electron chi connectivity index (χ0n) is 7.16. The van der Waals surface area contributed by atoms with E-state index in [1.165, 1.54) is 0 Å². The van der Waals surface area contributed by atoms with Crippen LogP contribution in [0.1, 0.15) is 19.3 Å². The topological polar surface area (TPSA) is 81.4 Å². The number of ether oxygens (including phenoxy) is 1. The van der Waals surface area contributed by atoms with Gasteiger partial charge in [0.1, 0.15) is 0 Å². The minimum atomic E-state index is -0.868. The van der Waals surface area contributed by atoms with E-state index in [0.717, 1.165) is 19.3 Å². The van der Waals surface area contributed by atoms with Gasteiger partial charge in [-0.25, -0.2) is 4.79 Å². The Labute approximate surface area is 75.6 Å². The molecule has 13 heavy (non-hydrogen) atoms. The lowest BCUT2D eigenvalue weighted by Gasteiger charge is -2.13. The summed E-state index contributed by atoms with van der Waals surface area (Å²) in [4.78, 5) is 21.8. The van der Waals surface area contributed by atoms with Gasteiger partial charge in [-0.3, -0.25) is 4.79 Å². The molecule has 72 valence electrons. The number of rotatable bonds is 1. The Kier molecular flexibility index (Phi) is 1.86. The molecule has 0 spiro atoms. The lowest BCUT2D eigenvalue weighted by atomic mass is 10.0. The molecular formula is C8H12N2O3. The van der Waals surface area contributed by atoms with Gasteiger partial charge in [-0.2, -0.15) is 0 Å². The van der Waals surface area contributed by atoms with Gasteiger partial charge in [0.15, 0.2) is 6.10 Å². The standard InChI is InChI=1S/C8H12N2O3/c9-8(12)13-6-4-2-1-3-5(4)10-7(6)11/h4-6H,1-3H2,(H2,9,12)(H,10,11)/t4-,5+,6+/m1/s1.